The molecule has 0 aliphatic carbocycles. The molecule has 140 valence electrons. The van der Waals surface area contributed by atoms with Crippen molar-refractivity contribution in [2.45, 2.75) is 32.9 Å². The van der Waals surface area contributed by atoms with E-state index in [0.29, 0.717) is 23.3 Å². The Labute approximate surface area is 157 Å². The Bertz CT molecular complexity index is 1040. The van der Waals surface area contributed by atoms with Gasteiger partial charge in [0.1, 0.15) is 0 Å². The van der Waals surface area contributed by atoms with Crippen LogP contribution in [0.15, 0.2) is 53.3 Å². The van der Waals surface area contributed by atoms with Crippen LogP contribution in [-0.2, 0) is 6.54 Å². The largest absolute Gasteiger partial charge is 0.379 e. The van der Waals surface area contributed by atoms with E-state index in [1.54, 1.807) is 22.8 Å². The number of anilines is 2. The van der Waals surface area contributed by atoms with Crippen LogP contribution in [0.4, 0.5) is 16.3 Å². The quantitative estimate of drug-likeness (QED) is 0.664. The summed E-state index contributed by atoms with van der Waals surface area (Å²) in [7, 11) is 0. The van der Waals surface area contributed by atoms with Gasteiger partial charge < -0.3 is 16.4 Å². The summed E-state index contributed by atoms with van der Waals surface area (Å²) in [6.45, 7) is 6.09. The number of fused-ring (bicyclic) bond motifs is 1. The number of urea groups is 1. The number of nitrogens with two attached hydrogens (primary N) is 1. The van der Waals surface area contributed by atoms with Gasteiger partial charge in [-0.2, -0.15) is 0 Å². The van der Waals surface area contributed by atoms with Gasteiger partial charge in [-0.05, 0) is 44.5 Å². The lowest BCUT2D eigenvalue weighted by atomic mass is 10.1. The van der Waals surface area contributed by atoms with Crippen LogP contribution >= 0.6 is 0 Å². The van der Waals surface area contributed by atoms with E-state index in [9.17, 15) is 9.59 Å². The lowest BCUT2D eigenvalue weighted by Crippen LogP contribution is -2.43. The number of rotatable bonds is 3. The van der Waals surface area contributed by atoms with Gasteiger partial charge in [0.25, 0.3) is 5.56 Å². The average Bonchev–Trinajstić information content (AvgIpc) is 2.58. The molecule has 2 amide bonds. The van der Waals surface area contributed by atoms with Gasteiger partial charge in [-0.15, -0.1) is 0 Å². The monoisotopic (exact) mass is 365 g/mol. The number of hydrogen-bond acceptors (Lipinski definition) is 4. The van der Waals surface area contributed by atoms with Gasteiger partial charge >= 0.3 is 6.03 Å². The van der Waals surface area contributed by atoms with Crippen molar-refractivity contribution in [3.8, 4) is 0 Å². The molecule has 0 saturated heterocycles. The van der Waals surface area contributed by atoms with E-state index in [1.807, 2.05) is 51.1 Å². The molecule has 0 bridgehead atoms. The molecule has 0 aliphatic rings. The zero-order chi connectivity index (χ0) is 19.6. The molecule has 0 saturated carbocycles. The van der Waals surface area contributed by atoms with Gasteiger partial charge in [-0.3, -0.25) is 9.36 Å². The number of nitrogens with one attached hydrogen (secondary N) is 2. The molecule has 4 N–H and O–H groups in total. The first kappa shape index (κ1) is 18.4. The average molecular weight is 365 g/mol. The van der Waals surface area contributed by atoms with E-state index in [4.69, 9.17) is 5.73 Å². The summed E-state index contributed by atoms with van der Waals surface area (Å²) < 4.78 is 1.59. The number of carbonyl (C=O) groups is 1. The Kier molecular flexibility index (Phi) is 4.85. The van der Waals surface area contributed by atoms with Gasteiger partial charge in [0.05, 0.1) is 17.6 Å². The van der Waals surface area contributed by atoms with Crippen LogP contribution in [0.3, 0.4) is 0 Å². The second-order valence-corrected chi connectivity index (χ2v) is 7.41. The summed E-state index contributed by atoms with van der Waals surface area (Å²) in [4.78, 5) is 28.8. The number of nitrogen functional groups attached to an aromatic ring is 1. The predicted molar refractivity (Wildman–Crippen MR) is 108 cm³/mol. The van der Waals surface area contributed by atoms with Crippen molar-refractivity contribution >= 4 is 28.6 Å². The van der Waals surface area contributed by atoms with Crippen molar-refractivity contribution in [1.29, 1.82) is 0 Å². The highest BCUT2D eigenvalue weighted by Crippen LogP contribution is 2.18. The van der Waals surface area contributed by atoms with Gasteiger partial charge in [0.2, 0.25) is 0 Å². The highest BCUT2D eigenvalue weighted by molar-refractivity contribution is 5.92. The molecule has 1 heterocycles. The summed E-state index contributed by atoms with van der Waals surface area (Å²) in [6, 6.07) is 14.5. The third-order valence-corrected chi connectivity index (χ3v) is 3.90. The summed E-state index contributed by atoms with van der Waals surface area (Å²) in [5.41, 5.74) is 7.89. The van der Waals surface area contributed by atoms with Gasteiger partial charge in [0, 0.05) is 11.2 Å². The van der Waals surface area contributed by atoms with Crippen LogP contribution < -0.4 is 21.9 Å². The van der Waals surface area contributed by atoms with E-state index < -0.39 is 0 Å². The van der Waals surface area contributed by atoms with Gasteiger partial charge in [-0.1, -0.05) is 30.3 Å². The normalized spacial score (nSPS) is 11.4. The molecule has 0 aliphatic heterocycles. The molecule has 0 unspecified atom stereocenters. The Morgan fingerprint density at radius 1 is 1.15 bits per heavy atom. The van der Waals surface area contributed by atoms with Crippen LogP contribution in [-0.4, -0.2) is 21.1 Å². The molecule has 7 nitrogen and oxygen atoms in total. The number of aromatic nitrogens is 2. The minimum Gasteiger partial charge on any atom is -0.379 e. The maximum absolute atomic E-state index is 12.5. The van der Waals surface area contributed by atoms with E-state index >= 15 is 0 Å². The first-order valence-electron chi connectivity index (χ1n) is 8.66. The van der Waals surface area contributed by atoms with Crippen LogP contribution in [0.5, 0.6) is 0 Å². The number of benzene rings is 2. The molecule has 0 fully saturated rings. The Morgan fingerprint density at radius 3 is 2.52 bits per heavy atom. The van der Waals surface area contributed by atoms with Crippen molar-refractivity contribution < 1.29 is 4.79 Å². The first-order valence-corrected chi connectivity index (χ1v) is 8.66. The fourth-order valence-electron chi connectivity index (χ4n) is 2.77. The topological polar surface area (TPSA) is 102 Å². The molecule has 3 rings (SSSR count). The second kappa shape index (κ2) is 7.11. The third kappa shape index (κ3) is 4.44. The van der Waals surface area contributed by atoms with E-state index in [1.165, 1.54) is 0 Å². The lowest BCUT2D eigenvalue weighted by Gasteiger charge is -2.21. The van der Waals surface area contributed by atoms with E-state index in [-0.39, 0.29) is 22.9 Å². The first-order chi connectivity index (χ1) is 12.7. The van der Waals surface area contributed by atoms with Crippen LogP contribution in [0.25, 0.3) is 11.0 Å². The molecule has 27 heavy (non-hydrogen) atoms. The molecule has 0 atom stereocenters. The molecule has 1 aromatic heterocycles. The maximum Gasteiger partial charge on any atom is 0.319 e. The van der Waals surface area contributed by atoms with Crippen molar-refractivity contribution in [2.24, 2.45) is 0 Å². The SMILES string of the molecule is CC(C)(C)NC(=O)Nc1ccc2c(c1)nc(N)c(=O)n2Cc1ccccc1. The number of amides is 2. The Hall–Kier alpha value is -3.35. The molecule has 0 spiro atoms. The van der Waals surface area contributed by atoms with Gasteiger partial charge in [-0.25, -0.2) is 9.78 Å². The number of nitrogens with zero attached hydrogens (tertiary/aromatic N) is 2. The second-order valence-electron chi connectivity index (χ2n) is 7.41. The van der Waals surface area contributed by atoms with E-state index in [2.05, 4.69) is 15.6 Å². The highest BCUT2D eigenvalue weighted by Gasteiger charge is 2.15. The Balaban J connectivity index is 1.97. The fourth-order valence-corrected chi connectivity index (χ4v) is 2.77. The predicted octanol–water partition coefficient (Wildman–Crippen LogP) is 2.95. The smallest absolute Gasteiger partial charge is 0.319 e. The molecule has 2 aromatic carbocycles. The van der Waals surface area contributed by atoms with Crippen molar-refractivity contribution in [2.75, 3.05) is 11.1 Å². The van der Waals surface area contributed by atoms with Crippen molar-refractivity contribution in [1.82, 2.24) is 14.9 Å². The van der Waals surface area contributed by atoms with Crippen LogP contribution in [0.1, 0.15) is 26.3 Å². The molecular weight excluding hydrogens is 342 g/mol. The highest BCUT2D eigenvalue weighted by atomic mass is 16.2. The van der Waals surface area contributed by atoms with Crippen LogP contribution in [0, 0.1) is 0 Å². The minimum absolute atomic E-state index is 0.0743. The number of carbonyl (C=O) groups excluding carboxylic acids is 1. The summed E-state index contributed by atoms with van der Waals surface area (Å²) in [5.74, 6) is -0.0743. The lowest BCUT2D eigenvalue weighted by molar-refractivity contribution is 0.244. The third-order valence-electron chi connectivity index (χ3n) is 3.90. The van der Waals surface area contributed by atoms with Crippen molar-refractivity contribution in [3.63, 3.8) is 0 Å². The number of hydrogen-bond donors (Lipinski definition) is 3. The zero-order valence-corrected chi connectivity index (χ0v) is 15.6. The summed E-state index contributed by atoms with van der Waals surface area (Å²) in [6.07, 6.45) is 0. The Morgan fingerprint density at radius 2 is 1.85 bits per heavy atom. The fraction of sp³-hybridized carbons (Fsp3) is 0.250. The van der Waals surface area contributed by atoms with Crippen molar-refractivity contribution in [3.05, 3.63) is 64.4 Å². The maximum atomic E-state index is 12.5. The van der Waals surface area contributed by atoms with Crippen LogP contribution in [0.2, 0.25) is 0 Å². The molecule has 3 aromatic rings. The molecule has 7 heteroatoms. The summed E-state index contributed by atoms with van der Waals surface area (Å²) >= 11 is 0. The molecule has 0 radical (unpaired) electrons. The standard InChI is InChI=1S/C20H23N5O2/c1-20(2,3)24-19(27)22-14-9-10-16-15(11-14)23-17(21)18(26)25(16)12-13-7-5-4-6-8-13/h4-11H,12H2,1-3H3,(H2,21,23)(H2,22,24,27). The zero-order valence-electron chi connectivity index (χ0n) is 15.6. The minimum atomic E-state index is -0.347. The van der Waals surface area contributed by atoms with E-state index in [0.717, 1.165) is 5.56 Å². The molecular formula is C20H23N5O2. The summed E-state index contributed by atoms with van der Waals surface area (Å²) in [5, 5.41) is 5.61. The van der Waals surface area contributed by atoms with Gasteiger partial charge in [0.15, 0.2) is 5.82 Å².